The third-order valence-electron chi connectivity index (χ3n) is 2.90. The molecular formula is C14H11NOS. The number of benzene rings is 2. The highest BCUT2D eigenvalue weighted by molar-refractivity contribution is 7.24. The van der Waals surface area contributed by atoms with Crippen molar-refractivity contribution in [2.45, 2.75) is 6.54 Å². The number of rotatable bonds is 1. The summed E-state index contributed by atoms with van der Waals surface area (Å²) in [5.41, 5.74) is 6.85. The number of hydrogen-bond acceptors (Lipinski definition) is 3. The van der Waals surface area contributed by atoms with Gasteiger partial charge in [0.1, 0.15) is 0 Å². The Morgan fingerprint density at radius 1 is 1.00 bits per heavy atom. The first-order chi connectivity index (χ1) is 8.31. The standard InChI is InChI=1S/C14H11NOS/c15-8-9-4-3-6-11-13(16)10-5-1-2-7-12(10)17-14(9)11/h1-7H,8,15H2. The topological polar surface area (TPSA) is 43.1 Å². The molecule has 0 radical (unpaired) electrons. The summed E-state index contributed by atoms with van der Waals surface area (Å²) in [7, 11) is 0. The summed E-state index contributed by atoms with van der Waals surface area (Å²) in [6.07, 6.45) is 0. The van der Waals surface area contributed by atoms with Gasteiger partial charge in [0.05, 0.1) is 0 Å². The zero-order valence-electron chi connectivity index (χ0n) is 9.14. The summed E-state index contributed by atoms with van der Waals surface area (Å²) in [6, 6.07) is 13.5. The first-order valence-electron chi connectivity index (χ1n) is 5.45. The summed E-state index contributed by atoms with van der Waals surface area (Å²) >= 11 is 1.64. The fourth-order valence-corrected chi connectivity index (χ4v) is 3.23. The molecule has 0 unspecified atom stereocenters. The zero-order chi connectivity index (χ0) is 11.8. The first kappa shape index (κ1) is 10.4. The fourth-order valence-electron chi connectivity index (χ4n) is 2.04. The molecule has 3 aromatic rings. The largest absolute Gasteiger partial charge is 0.326 e. The molecule has 0 fully saturated rings. The molecule has 2 aromatic carbocycles. The minimum atomic E-state index is 0.102. The zero-order valence-corrected chi connectivity index (χ0v) is 9.96. The van der Waals surface area contributed by atoms with E-state index < -0.39 is 0 Å². The van der Waals surface area contributed by atoms with Gasteiger partial charge in [0.2, 0.25) is 0 Å². The minimum Gasteiger partial charge on any atom is -0.326 e. The lowest BCUT2D eigenvalue weighted by atomic mass is 10.1. The second kappa shape index (κ2) is 3.95. The van der Waals surface area contributed by atoms with E-state index in [9.17, 15) is 4.79 Å². The van der Waals surface area contributed by atoms with E-state index in [0.717, 1.165) is 25.7 Å². The molecule has 2 nitrogen and oxygen atoms in total. The molecular weight excluding hydrogens is 230 g/mol. The number of hydrogen-bond donors (Lipinski definition) is 1. The van der Waals surface area contributed by atoms with Crippen LogP contribution in [0.25, 0.3) is 20.2 Å². The fraction of sp³-hybridized carbons (Fsp3) is 0.0714. The lowest BCUT2D eigenvalue weighted by molar-refractivity contribution is 1.09. The van der Waals surface area contributed by atoms with E-state index in [-0.39, 0.29) is 5.43 Å². The van der Waals surface area contributed by atoms with E-state index in [4.69, 9.17) is 5.73 Å². The van der Waals surface area contributed by atoms with Gasteiger partial charge in [-0.2, -0.15) is 0 Å². The van der Waals surface area contributed by atoms with Crippen molar-refractivity contribution in [2.24, 2.45) is 5.73 Å². The molecule has 0 aliphatic carbocycles. The van der Waals surface area contributed by atoms with Gasteiger partial charge in [-0.25, -0.2) is 0 Å². The van der Waals surface area contributed by atoms with Crippen molar-refractivity contribution in [1.29, 1.82) is 0 Å². The predicted molar refractivity (Wildman–Crippen MR) is 73.5 cm³/mol. The van der Waals surface area contributed by atoms with Crippen LogP contribution in [0.15, 0.2) is 47.3 Å². The van der Waals surface area contributed by atoms with E-state index in [0.29, 0.717) is 6.54 Å². The van der Waals surface area contributed by atoms with E-state index in [1.165, 1.54) is 0 Å². The highest BCUT2D eigenvalue weighted by Crippen LogP contribution is 2.26. The Kier molecular flexibility index (Phi) is 2.42. The van der Waals surface area contributed by atoms with Gasteiger partial charge in [0.25, 0.3) is 0 Å². The van der Waals surface area contributed by atoms with E-state index in [2.05, 4.69) is 0 Å². The molecule has 0 saturated carbocycles. The van der Waals surface area contributed by atoms with Crippen LogP contribution in [-0.4, -0.2) is 0 Å². The SMILES string of the molecule is NCc1cccc2c(=O)c3ccccc3sc12. The van der Waals surface area contributed by atoms with Gasteiger partial charge in [-0.15, -0.1) is 11.3 Å². The summed E-state index contributed by atoms with van der Waals surface area (Å²) in [5, 5.41) is 1.57. The average Bonchev–Trinajstić information content (AvgIpc) is 2.38. The van der Waals surface area contributed by atoms with Crippen LogP contribution >= 0.6 is 11.3 Å². The van der Waals surface area contributed by atoms with Crippen LogP contribution < -0.4 is 11.2 Å². The van der Waals surface area contributed by atoms with Crippen molar-refractivity contribution in [3.8, 4) is 0 Å². The quantitative estimate of drug-likeness (QED) is 0.666. The van der Waals surface area contributed by atoms with Crippen LogP contribution in [0.1, 0.15) is 5.56 Å². The monoisotopic (exact) mass is 241 g/mol. The van der Waals surface area contributed by atoms with Gasteiger partial charge in [-0.3, -0.25) is 4.79 Å². The first-order valence-corrected chi connectivity index (χ1v) is 6.26. The average molecular weight is 241 g/mol. The van der Waals surface area contributed by atoms with Crippen LogP contribution in [-0.2, 0) is 6.54 Å². The van der Waals surface area contributed by atoms with Crippen LogP contribution in [0.4, 0.5) is 0 Å². The van der Waals surface area contributed by atoms with E-state index in [1.54, 1.807) is 11.3 Å². The van der Waals surface area contributed by atoms with Gasteiger partial charge >= 0.3 is 0 Å². The Bertz CT molecular complexity index is 761. The Hall–Kier alpha value is -1.71. The molecule has 0 bridgehead atoms. The summed E-state index contributed by atoms with van der Waals surface area (Å²) in [4.78, 5) is 12.3. The van der Waals surface area contributed by atoms with Gasteiger partial charge in [0, 0.05) is 26.7 Å². The highest BCUT2D eigenvalue weighted by Gasteiger charge is 2.07. The second-order valence-corrected chi connectivity index (χ2v) is 4.98. The molecule has 0 aliphatic rings. The normalized spacial score (nSPS) is 11.1. The molecule has 0 atom stereocenters. The minimum absolute atomic E-state index is 0.102. The molecule has 0 spiro atoms. The third kappa shape index (κ3) is 1.55. The summed E-state index contributed by atoms with van der Waals surface area (Å²) in [6.45, 7) is 0.464. The van der Waals surface area contributed by atoms with E-state index in [1.807, 2.05) is 42.5 Å². The lowest BCUT2D eigenvalue weighted by Crippen LogP contribution is -2.03. The maximum absolute atomic E-state index is 12.3. The number of fused-ring (bicyclic) bond motifs is 2. The maximum atomic E-state index is 12.3. The van der Waals surface area contributed by atoms with Crippen molar-refractivity contribution >= 4 is 31.5 Å². The van der Waals surface area contributed by atoms with Gasteiger partial charge in [-0.05, 0) is 23.8 Å². The maximum Gasteiger partial charge on any atom is 0.195 e. The van der Waals surface area contributed by atoms with Crippen molar-refractivity contribution < 1.29 is 0 Å². The van der Waals surface area contributed by atoms with Gasteiger partial charge < -0.3 is 5.73 Å². The van der Waals surface area contributed by atoms with Gasteiger partial charge in [0.15, 0.2) is 5.43 Å². The van der Waals surface area contributed by atoms with E-state index >= 15 is 0 Å². The molecule has 3 rings (SSSR count). The van der Waals surface area contributed by atoms with Crippen LogP contribution in [0.5, 0.6) is 0 Å². The molecule has 0 aliphatic heterocycles. The Labute approximate surface area is 102 Å². The Morgan fingerprint density at radius 2 is 1.76 bits per heavy atom. The number of nitrogens with two attached hydrogens (primary N) is 1. The molecule has 1 aromatic heterocycles. The highest BCUT2D eigenvalue weighted by atomic mass is 32.1. The molecule has 0 saturated heterocycles. The van der Waals surface area contributed by atoms with Gasteiger partial charge in [-0.1, -0.05) is 24.3 Å². The summed E-state index contributed by atoms with van der Waals surface area (Å²) < 4.78 is 2.03. The second-order valence-electron chi connectivity index (χ2n) is 3.93. The smallest absolute Gasteiger partial charge is 0.195 e. The van der Waals surface area contributed by atoms with Crippen LogP contribution in [0.3, 0.4) is 0 Å². The molecule has 84 valence electrons. The van der Waals surface area contributed by atoms with Crippen molar-refractivity contribution in [1.82, 2.24) is 0 Å². The third-order valence-corrected chi connectivity index (χ3v) is 4.17. The molecule has 0 amide bonds. The Morgan fingerprint density at radius 3 is 2.59 bits per heavy atom. The molecule has 2 N–H and O–H groups in total. The lowest BCUT2D eigenvalue weighted by Gasteiger charge is -2.04. The van der Waals surface area contributed by atoms with Crippen molar-refractivity contribution in [2.75, 3.05) is 0 Å². The molecule has 3 heteroatoms. The molecule has 17 heavy (non-hydrogen) atoms. The molecule has 1 heterocycles. The van der Waals surface area contributed by atoms with Crippen LogP contribution in [0, 0.1) is 0 Å². The Balaban J connectivity index is 2.59. The summed E-state index contributed by atoms with van der Waals surface area (Å²) in [5.74, 6) is 0. The van der Waals surface area contributed by atoms with Crippen molar-refractivity contribution in [3.05, 3.63) is 58.3 Å². The van der Waals surface area contributed by atoms with Crippen LogP contribution in [0.2, 0.25) is 0 Å². The van der Waals surface area contributed by atoms with Crippen molar-refractivity contribution in [3.63, 3.8) is 0 Å². The predicted octanol–water partition coefficient (Wildman–Crippen LogP) is 2.87.